The summed E-state index contributed by atoms with van der Waals surface area (Å²) in [7, 11) is -3.52. The van der Waals surface area contributed by atoms with Gasteiger partial charge in [0, 0.05) is 56.6 Å². The van der Waals surface area contributed by atoms with Gasteiger partial charge < -0.3 is 15.1 Å². The molecule has 2 saturated heterocycles. The third-order valence-electron chi connectivity index (χ3n) is 7.11. The summed E-state index contributed by atoms with van der Waals surface area (Å²) in [6, 6.07) is 13.0. The number of hydrogen-bond donors (Lipinski definition) is 1. The van der Waals surface area contributed by atoms with Gasteiger partial charge in [-0.2, -0.15) is 4.31 Å². The number of nitrogens with zero attached hydrogens (tertiary/aromatic N) is 3. The van der Waals surface area contributed by atoms with E-state index in [1.807, 2.05) is 31.2 Å². The Labute approximate surface area is 203 Å². The highest BCUT2D eigenvalue weighted by Crippen LogP contribution is 2.27. The summed E-state index contributed by atoms with van der Waals surface area (Å²) < 4.78 is 27.3. The highest BCUT2D eigenvalue weighted by atomic mass is 32.2. The number of carbonyl (C=O) groups excluding carboxylic acids is 1. The molecule has 0 aromatic heterocycles. The molecule has 2 heterocycles. The van der Waals surface area contributed by atoms with Crippen molar-refractivity contribution in [3.8, 4) is 0 Å². The lowest BCUT2D eigenvalue weighted by molar-refractivity contribution is -0.120. The molecular formula is C26H36N4O3S. The maximum Gasteiger partial charge on any atom is 0.243 e. The zero-order valence-electron chi connectivity index (χ0n) is 20.5. The number of aryl methyl sites for hydroxylation is 2. The molecule has 8 heteroatoms. The van der Waals surface area contributed by atoms with E-state index >= 15 is 0 Å². The van der Waals surface area contributed by atoms with Gasteiger partial charge in [0.05, 0.1) is 4.90 Å². The second kappa shape index (κ2) is 10.5. The largest absolute Gasteiger partial charge is 0.369 e. The molecule has 2 aromatic rings. The molecule has 2 aliphatic heterocycles. The standard InChI is InChI=1S/C26H36N4O3S/c1-4-28-15-17-29(18-16-28)25-10-7-23(19-21(25)3)27-26(31)22-11-13-30(14-12-22)34(32,33)24-8-5-20(2)6-9-24/h5-10,19,22H,4,11-18H2,1-3H3,(H,27,31). The Balaban J connectivity index is 1.32. The lowest BCUT2D eigenvalue weighted by Crippen LogP contribution is -2.46. The second-order valence-electron chi connectivity index (χ2n) is 9.40. The summed E-state index contributed by atoms with van der Waals surface area (Å²) in [6.45, 7) is 12.2. The molecule has 0 bridgehead atoms. The molecule has 1 amide bonds. The van der Waals surface area contributed by atoms with Crippen molar-refractivity contribution >= 4 is 27.3 Å². The zero-order chi connectivity index (χ0) is 24.3. The van der Waals surface area contributed by atoms with Gasteiger partial charge in [-0.3, -0.25) is 4.79 Å². The molecule has 0 unspecified atom stereocenters. The van der Waals surface area contributed by atoms with Crippen molar-refractivity contribution in [1.82, 2.24) is 9.21 Å². The van der Waals surface area contributed by atoms with Crippen LogP contribution in [0.25, 0.3) is 0 Å². The van der Waals surface area contributed by atoms with Crippen LogP contribution in [0.4, 0.5) is 11.4 Å². The fraction of sp³-hybridized carbons (Fsp3) is 0.500. The fourth-order valence-corrected chi connectivity index (χ4v) is 6.32. The molecule has 0 spiro atoms. The molecule has 1 N–H and O–H groups in total. The molecule has 2 aliphatic rings. The number of likely N-dealkylation sites (N-methyl/N-ethyl adjacent to an activating group) is 1. The maximum atomic E-state index is 12.9. The van der Waals surface area contributed by atoms with Crippen molar-refractivity contribution in [3.05, 3.63) is 53.6 Å². The Morgan fingerprint density at radius 3 is 2.18 bits per heavy atom. The Bertz CT molecular complexity index is 1100. The smallest absolute Gasteiger partial charge is 0.243 e. The van der Waals surface area contributed by atoms with Crippen LogP contribution in [0.1, 0.15) is 30.9 Å². The van der Waals surface area contributed by atoms with E-state index in [2.05, 4.69) is 35.0 Å². The highest BCUT2D eigenvalue weighted by molar-refractivity contribution is 7.89. The summed E-state index contributed by atoms with van der Waals surface area (Å²) in [6.07, 6.45) is 1.05. The number of anilines is 2. The number of carbonyl (C=O) groups is 1. The Morgan fingerprint density at radius 1 is 0.941 bits per heavy atom. The Kier molecular flexibility index (Phi) is 7.60. The van der Waals surface area contributed by atoms with Gasteiger partial charge in [0.25, 0.3) is 0 Å². The number of rotatable bonds is 6. The zero-order valence-corrected chi connectivity index (χ0v) is 21.3. The van der Waals surface area contributed by atoms with Gasteiger partial charge in [-0.15, -0.1) is 0 Å². The van der Waals surface area contributed by atoms with Crippen LogP contribution in [-0.2, 0) is 14.8 Å². The van der Waals surface area contributed by atoms with Crippen molar-refractivity contribution in [2.75, 3.05) is 56.0 Å². The van der Waals surface area contributed by atoms with Crippen LogP contribution in [0.2, 0.25) is 0 Å². The SMILES string of the molecule is CCN1CCN(c2ccc(NC(=O)C3CCN(S(=O)(=O)c4ccc(C)cc4)CC3)cc2C)CC1. The molecular weight excluding hydrogens is 448 g/mol. The molecule has 7 nitrogen and oxygen atoms in total. The number of amides is 1. The number of hydrogen-bond acceptors (Lipinski definition) is 5. The van der Waals surface area contributed by atoms with Gasteiger partial charge >= 0.3 is 0 Å². The van der Waals surface area contributed by atoms with Gasteiger partial charge in [0.15, 0.2) is 0 Å². The van der Waals surface area contributed by atoms with E-state index in [1.54, 1.807) is 12.1 Å². The molecule has 0 aliphatic carbocycles. The van der Waals surface area contributed by atoms with E-state index in [0.29, 0.717) is 30.8 Å². The van der Waals surface area contributed by atoms with Crippen molar-refractivity contribution < 1.29 is 13.2 Å². The predicted molar refractivity (Wildman–Crippen MR) is 137 cm³/mol. The van der Waals surface area contributed by atoms with Crippen molar-refractivity contribution in [3.63, 3.8) is 0 Å². The average Bonchev–Trinajstić information content (AvgIpc) is 2.84. The van der Waals surface area contributed by atoms with Crippen LogP contribution in [0.3, 0.4) is 0 Å². The molecule has 0 atom stereocenters. The van der Waals surface area contributed by atoms with Gasteiger partial charge in [0.2, 0.25) is 15.9 Å². The third kappa shape index (κ3) is 5.45. The second-order valence-corrected chi connectivity index (χ2v) is 11.3. The highest BCUT2D eigenvalue weighted by Gasteiger charge is 2.32. The van der Waals surface area contributed by atoms with Crippen LogP contribution in [0.15, 0.2) is 47.4 Å². The van der Waals surface area contributed by atoms with Crippen LogP contribution in [0, 0.1) is 19.8 Å². The first-order valence-corrected chi connectivity index (χ1v) is 13.7. The average molecular weight is 485 g/mol. The summed E-state index contributed by atoms with van der Waals surface area (Å²) in [5.74, 6) is -0.220. The fourth-order valence-electron chi connectivity index (χ4n) is 4.86. The molecule has 184 valence electrons. The summed E-state index contributed by atoms with van der Waals surface area (Å²) in [4.78, 5) is 18.1. The lowest BCUT2D eigenvalue weighted by atomic mass is 9.97. The normalized spacial score (nSPS) is 18.7. The number of sulfonamides is 1. The predicted octanol–water partition coefficient (Wildman–Crippen LogP) is 3.48. The van der Waals surface area contributed by atoms with Crippen molar-refractivity contribution in [2.45, 2.75) is 38.5 Å². The van der Waals surface area contributed by atoms with Crippen molar-refractivity contribution in [2.24, 2.45) is 5.92 Å². The van der Waals surface area contributed by atoms with E-state index in [1.165, 1.54) is 9.99 Å². The van der Waals surface area contributed by atoms with Gasteiger partial charge in [-0.25, -0.2) is 8.42 Å². The Hall–Kier alpha value is -2.42. The molecule has 2 fully saturated rings. The Morgan fingerprint density at radius 2 is 1.59 bits per heavy atom. The topological polar surface area (TPSA) is 73.0 Å². The number of piperidine rings is 1. The summed E-state index contributed by atoms with van der Waals surface area (Å²) >= 11 is 0. The minimum atomic E-state index is -3.52. The molecule has 0 saturated carbocycles. The van der Waals surface area contributed by atoms with E-state index < -0.39 is 10.0 Å². The van der Waals surface area contributed by atoms with Crippen LogP contribution < -0.4 is 10.2 Å². The third-order valence-corrected chi connectivity index (χ3v) is 9.02. The van der Waals surface area contributed by atoms with E-state index in [4.69, 9.17) is 0 Å². The molecule has 0 radical (unpaired) electrons. The molecule has 2 aromatic carbocycles. The monoisotopic (exact) mass is 484 g/mol. The maximum absolute atomic E-state index is 12.9. The van der Waals surface area contributed by atoms with Crippen LogP contribution in [-0.4, -0.2) is 69.3 Å². The molecule has 4 rings (SSSR count). The van der Waals surface area contributed by atoms with Crippen molar-refractivity contribution in [1.29, 1.82) is 0 Å². The number of benzene rings is 2. The first-order chi connectivity index (χ1) is 16.3. The number of piperazine rings is 1. The first kappa shape index (κ1) is 24.7. The minimum Gasteiger partial charge on any atom is -0.369 e. The van der Waals surface area contributed by atoms with E-state index in [-0.39, 0.29) is 11.8 Å². The molecule has 34 heavy (non-hydrogen) atoms. The summed E-state index contributed by atoms with van der Waals surface area (Å²) in [5.41, 5.74) is 4.20. The minimum absolute atomic E-state index is 0.0314. The number of nitrogens with one attached hydrogen (secondary N) is 1. The summed E-state index contributed by atoms with van der Waals surface area (Å²) in [5, 5.41) is 3.06. The quantitative estimate of drug-likeness (QED) is 0.680. The van der Waals surface area contributed by atoms with Gasteiger partial charge in [-0.05, 0) is 69.1 Å². The van der Waals surface area contributed by atoms with E-state index in [9.17, 15) is 13.2 Å². The first-order valence-electron chi connectivity index (χ1n) is 12.2. The van der Waals surface area contributed by atoms with Gasteiger partial charge in [-0.1, -0.05) is 24.6 Å². The van der Waals surface area contributed by atoms with Crippen LogP contribution in [0.5, 0.6) is 0 Å². The van der Waals surface area contributed by atoms with Crippen LogP contribution >= 0.6 is 0 Å². The van der Waals surface area contributed by atoms with Gasteiger partial charge in [0.1, 0.15) is 0 Å². The lowest BCUT2D eigenvalue weighted by Gasteiger charge is -2.36. The van der Waals surface area contributed by atoms with E-state index in [0.717, 1.165) is 49.5 Å².